The van der Waals surface area contributed by atoms with E-state index in [-0.39, 0.29) is 5.41 Å². The maximum absolute atomic E-state index is 9.79. The molecule has 108 valence electrons. The highest BCUT2D eigenvalue weighted by molar-refractivity contribution is 5.39. The van der Waals surface area contributed by atoms with Crippen molar-refractivity contribution < 1.29 is 14.6 Å². The zero-order chi connectivity index (χ0) is 14.3. The molecule has 0 unspecified atom stereocenters. The molecule has 0 aliphatic rings. The molecule has 0 aromatic heterocycles. The number of methoxy groups -OCH3 is 2. The monoisotopic (exact) mass is 267 g/mol. The molecule has 0 aliphatic carbocycles. The molecule has 0 radical (unpaired) electrons. The fourth-order valence-corrected chi connectivity index (χ4v) is 1.83. The summed E-state index contributed by atoms with van der Waals surface area (Å²) < 4.78 is 10.3. The number of phenolic OH excluding ortho intramolecular Hbond substituents is 1. The average molecular weight is 267 g/mol. The summed E-state index contributed by atoms with van der Waals surface area (Å²) in [6.45, 7) is 6.65. The highest BCUT2D eigenvalue weighted by Crippen LogP contribution is 2.23. The van der Waals surface area contributed by atoms with Crippen LogP contribution in [-0.2, 0) is 11.3 Å². The van der Waals surface area contributed by atoms with Crippen molar-refractivity contribution >= 4 is 0 Å². The molecule has 1 aromatic rings. The molecule has 0 aliphatic heterocycles. The molecular weight excluding hydrogens is 242 g/mol. The standard InChI is InChI=1S/C15H25NO3/c1-15(2,7-8-18-3)11-16-10-12-9-13(19-4)5-6-14(12)17/h5-6,9,16-17H,7-8,10-11H2,1-4H3. The summed E-state index contributed by atoms with van der Waals surface area (Å²) in [5, 5.41) is 13.2. The number of hydrogen-bond acceptors (Lipinski definition) is 4. The fourth-order valence-electron chi connectivity index (χ4n) is 1.83. The summed E-state index contributed by atoms with van der Waals surface area (Å²) in [5.41, 5.74) is 1.02. The second kappa shape index (κ2) is 7.36. The Morgan fingerprint density at radius 1 is 1.26 bits per heavy atom. The molecule has 0 heterocycles. The molecule has 0 fully saturated rings. The van der Waals surface area contributed by atoms with Crippen molar-refractivity contribution in [2.24, 2.45) is 5.41 Å². The van der Waals surface area contributed by atoms with Gasteiger partial charge in [0.25, 0.3) is 0 Å². The first-order chi connectivity index (χ1) is 8.98. The van der Waals surface area contributed by atoms with Gasteiger partial charge in [-0.15, -0.1) is 0 Å². The van der Waals surface area contributed by atoms with Crippen LogP contribution >= 0.6 is 0 Å². The van der Waals surface area contributed by atoms with E-state index in [2.05, 4.69) is 19.2 Å². The summed E-state index contributed by atoms with van der Waals surface area (Å²) in [4.78, 5) is 0. The topological polar surface area (TPSA) is 50.7 Å². The van der Waals surface area contributed by atoms with E-state index in [0.717, 1.165) is 30.9 Å². The number of aromatic hydroxyl groups is 1. The van der Waals surface area contributed by atoms with Crippen molar-refractivity contribution in [3.8, 4) is 11.5 Å². The quantitative estimate of drug-likeness (QED) is 0.760. The predicted molar refractivity (Wildman–Crippen MR) is 76.6 cm³/mol. The van der Waals surface area contributed by atoms with Crippen molar-refractivity contribution in [1.29, 1.82) is 0 Å². The minimum Gasteiger partial charge on any atom is -0.508 e. The smallest absolute Gasteiger partial charge is 0.120 e. The molecule has 0 spiro atoms. The molecule has 2 N–H and O–H groups in total. The molecule has 19 heavy (non-hydrogen) atoms. The van der Waals surface area contributed by atoms with E-state index in [1.165, 1.54) is 0 Å². The Hall–Kier alpha value is -1.26. The predicted octanol–water partition coefficient (Wildman–Crippen LogP) is 2.55. The molecule has 0 saturated carbocycles. The first-order valence-corrected chi connectivity index (χ1v) is 6.54. The summed E-state index contributed by atoms with van der Waals surface area (Å²) >= 11 is 0. The van der Waals surface area contributed by atoms with E-state index >= 15 is 0 Å². The highest BCUT2D eigenvalue weighted by Gasteiger charge is 2.17. The first-order valence-electron chi connectivity index (χ1n) is 6.54. The van der Waals surface area contributed by atoms with Gasteiger partial charge < -0.3 is 19.9 Å². The lowest BCUT2D eigenvalue weighted by Crippen LogP contribution is -2.30. The Morgan fingerprint density at radius 3 is 2.63 bits per heavy atom. The van der Waals surface area contributed by atoms with E-state index < -0.39 is 0 Å². The third kappa shape index (κ3) is 5.49. The van der Waals surface area contributed by atoms with E-state index in [1.54, 1.807) is 26.4 Å². The molecule has 4 heteroatoms. The Bertz CT molecular complexity index is 391. The first kappa shape index (κ1) is 15.8. The Balaban J connectivity index is 2.48. The zero-order valence-corrected chi connectivity index (χ0v) is 12.3. The SMILES string of the molecule is COCCC(C)(C)CNCc1cc(OC)ccc1O. The van der Waals surface area contributed by atoms with Crippen molar-refractivity contribution in [3.63, 3.8) is 0 Å². The summed E-state index contributed by atoms with van der Waals surface area (Å²) in [6, 6.07) is 5.26. The van der Waals surface area contributed by atoms with Gasteiger partial charge in [-0.25, -0.2) is 0 Å². The molecular formula is C15H25NO3. The van der Waals surface area contributed by atoms with Gasteiger partial charge in [0.15, 0.2) is 0 Å². The van der Waals surface area contributed by atoms with E-state index in [1.807, 2.05) is 6.07 Å². The molecule has 0 saturated heterocycles. The van der Waals surface area contributed by atoms with Crippen LogP contribution < -0.4 is 10.1 Å². The second-order valence-electron chi connectivity index (χ2n) is 5.51. The number of benzene rings is 1. The van der Waals surface area contributed by atoms with Gasteiger partial charge in [-0.05, 0) is 30.0 Å². The normalized spacial score (nSPS) is 11.6. The van der Waals surface area contributed by atoms with Crippen LogP contribution in [0.2, 0.25) is 0 Å². The molecule has 1 aromatic carbocycles. The molecule has 4 nitrogen and oxygen atoms in total. The highest BCUT2D eigenvalue weighted by atomic mass is 16.5. The van der Waals surface area contributed by atoms with E-state index in [0.29, 0.717) is 12.3 Å². The van der Waals surface area contributed by atoms with Crippen molar-refractivity contribution in [2.75, 3.05) is 27.4 Å². The van der Waals surface area contributed by atoms with Gasteiger partial charge in [-0.3, -0.25) is 0 Å². The van der Waals surface area contributed by atoms with Crippen molar-refractivity contribution in [2.45, 2.75) is 26.8 Å². The second-order valence-corrected chi connectivity index (χ2v) is 5.51. The number of hydrogen-bond donors (Lipinski definition) is 2. The molecule has 0 amide bonds. The zero-order valence-electron chi connectivity index (χ0n) is 12.3. The largest absolute Gasteiger partial charge is 0.508 e. The third-order valence-electron chi connectivity index (χ3n) is 3.19. The number of nitrogens with one attached hydrogen (secondary N) is 1. The summed E-state index contributed by atoms with van der Waals surface area (Å²) in [7, 11) is 3.34. The lowest BCUT2D eigenvalue weighted by atomic mass is 9.89. The minimum atomic E-state index is 0.171. The molecule has 0 bridgehead atoms. The van der Waals surface area contributed by atoms with E-state index in [9.17, 15) is 5.11 Å². The van der Waals surface area contributed by atoms with Gasteiger partial charge in [-0.2, -0.15) is 0 Å². The Kier molecular flexibility index (Phi) is 6.12. The van der Waals surface area contributed by atoms with Gasteiger partial charge in [-0.1, -0.05) is 13.8 Å². The summed E-state index contributed by atoms with van der Waals surface area (Å²) in [5.74, 6) is 1.05. The number of ether oxygens (including phenoxy) is 2. The number of phenols is 1. The van der Waals surface area contributed by atoms with Crippen LogP contribution in [0, 0.1) is 5.41 Å². The number of rotatable bonds is 8. The lowest BCUT2D eigenvalue weighted by molar-refractivity contribution is 0.150. The third-order valence-corrected chi connectivity index (χ3v) is 3.19. The van der Waals surface area contributed by atoms with Gasteiger partial charge in [0.2, 0.25) is 0 Å². The van der Waals surface area contributed by atoms with Crippen LogP contribution in [-0.4, -0.2) is 32.5 Å². The lowest BCUT2D eigenvalue weighted by Gasteiger charge is -2.24. The van der Waals surface area contributed by atoms with Gasteiger partial charge in [0, 0.05) is 32.4 Å². The van der Waals surface area contributed by atoms with Crippen molar-refractivity contribution in [3.05, 3.63) is 23.8 Å². The van der Waals surface area contributed by atoms with Crippen LogP contribution in [0.3, 0.4) is 0 Å². The van der Waals surface area contributed by atoms with Gasteiger partial charge in [0.05, 0.1) is 7.11 Å². The van der Waals surface area contributed by atoms with Crippen molar-refractivity contribution in [1.82, 2.24) is 5.32 Å². The van der Waals surface area contributed by atoms with Crippen LogP contribution in [0.25, 0.3) is 0 Å². The van der Waals surface area contributed by atoms with Gasteiger partial charge in [0.1, 0.15) is 11.5 Å². The van der Waals surface area contributed by atoms with Gasteiger partial charge >= 0.3 is 0 Å². The average Bonchev–Trinajstić information content (AvgIpc) is 2.38. The minimum absolute atomic E-state index is 0.171. The van der Waals surface area contributed by atoms with Crippen LogP contribution in [0.15, 0.2) is 18.2 Å². The van der Waals surface area contributed by atoms with E-state index in [4.69, 9.17) is 9.47 Å². The fraction of sp³-hybridized carbons (Fsp3) is 0.600. The maximum Gasteiger partial charge on any atom is 0.120 e. The summed E-state index contributed by atoms with van der Waals surface area (Å²) in [6.07, 6.45) is 1.00. The maximum atomic E-state index is 9.79. The van der Waals surface area contributed by atoms with Crippen LogP contribution in [0.1, 0.15) is 25.8 Å². The van der Waals surface area contributed by atoms with Crippen LogP contribution in [0.4, 0.5) is 0 Å². The Labute approximate surface area is 115 Å². The van der Waals surface area contributed by atoms with Crippen LogP contribution in [0.5, 0.6) is 11.5 Å². The Morgan fingerprint density at radius 2 is 2.00 bits per heavy atom. The molecule has 0 atom stereocenters. The molecule has 1 rings (SSSR count).